The topological polar surface area (TPSA) is 106 Å². The molecule has 0 unspecified atom stereocenters. The molecule has 116 valence electrons. The first-order valence-corrected chi connectivity index (χ1v) is 6.51. The Hall–Kier alpha value is -2.90. The number of anilines is 1. The Morgan fingerprint density at radius 3 is 2.36 bits per heavy atom. The number of rotatable bonds is 3. The van der Waals surface area contributed by atoms with E-state index in [0.717, 1.165) is 0 Å². The molecule has 1 heterocycles. The smallest absolute Gasteiger partial charge is 0.412 e. The molecule has 1 aromatic carbocycles. The third-order valence-corrected chi connectivity index (χ3v) is 2.49. The van der Waals surface area contributed by atoms with E-state index in [1.807, 2.05) is 0 Å². The van der Waals surface area contributed by atoms with E-state index >= 15 is 0 Å². The molecule has 2 rings (SSSR count). The number of carboxylic acid groups (broad SMARTS) is 1. The summed E-state index contributed by atoms with van der Waals surface area (Å²) in [5, 5.41) is 18.7. The number of hydrogen-bond acceptors (Lipinski definition) is 5. The SMILES string of the molecule is CC(C)(C)OC(=O)Nc1ccc(-n2cc(C(=O)O)nn2)cc1. The molecule has 0 radical (unpaired) electrons. The van der Waals surface area contributed by atoms with Crippen molar-refractivity contribution in [2.45, 2.75) is 26.4 Å². The molecule has 22 heavy (non-hydrogen) atoms. The van der Waals surface area contributed by atoms with Crippen LogP contribution < -0.4 is 5.32 Å². The van der Waals surface area contributed by atoms with Gasteiger partial charge in [-0.3, -0.25) is 5.32 Å². The normalized spacial score (nSPS) is 11.0. The average Bonchev–Trinajstić information content (AvgIpc) is 2.87. The zero-order valence-corrected chi connectivity index (χ0v) is 12.4. The van der Waals surface area contributed by atoms with Crippen LogP contribution in [0.2, 0.25) is 0 Å². The Morgan fingerprint density at radius 1 is 1.23 bits per heavy atom. The Labute approximate surface area is 126 Å². The number of carbonyl (C=O) groups is 2. The molecule has 8 nitrogen and oxygen atoms in total. The van der Waals surface area contributed by atoms with Crippen LogP contribution in [0.3, 0.4) is 0 Å². The van der Waals surface area contributed by atoms with Crippen molar-refractivity contribution in [2.24, 2.45) is 0 Å². The molecule has 2 N–H and O–H groups in total. The van der Waals surface area contributed by atoms with Gasteiger partial charge in [-0.05, 0) is 45.0 Å². The highest BCUT2D eigenvalue weighted by molar-refractivity contribution is 5.85. The number of hydrogen-bond donors (Lipinski definition) is 2. The summed E-state index contributed by atoms with van der Waals surface area (Å²) in [5.74, 6) is -1.14. The largest absolute Gasteiger partial charge is 0.476 e. The maximum atomic E-state index is 11.6. The molecule has 0 saturated heterocycles. The lowest BCUT2D eigenvalue weighted by Gasteiger charge is -2.19. The van der Waals surface area contributed by atoms with E-state index < -0.39 is 17.7 Å². The van der Waals surface area contributed by atoms with Crippen molar-refractivity contribution in [3.63, 3.8) is 0 Å². The second-order valence-electron chi connectivity index (χ2n) is 5.53. The maximum Gasteiger partial charge on any atom is 0.412 e. The summed E-state index contributed by atoms with van der Waals surface area (Å²) in [6.07, 6.45) is 0.757. The zero-order chi connectivity index (χ0) is 16.3. The summed E-state index contributed by atoms with van der Waals surface area (Å²) >= 11 is 0. The van der Waals surface area contributed by atoms with Gasteiger partial charge in [0.15, 0.2) is 5.69 Å². The minimum Gasteiger partial charge on any atom is -0.476 e. The van der Waals surface area contributed by atoms with Crippen LogP contribution in [0.5, 0.6) is 0 Å². The van der Waals surface area contributed by atoms with Crippen LogP contribution in [0.25, 0.3) is 5.69 Å². The highest BCUT2D eigenvalue weighted by Crippen LogP contribution is 2.15. The minimum atomic E-state index is -1.14. The Balaban J connectivity index is 2.06. The summed E-state index contributed by atoms with van der Waals surface area (Å²) in [6.45, 7) is 5.33. The van der Waals surface area contributed by atoms with Gasteiger partial charge in [0.1, 0.15) is 5.60 Å². The van der Waals surface area contributed by atoms with Crippen LogP contribution in [-0.4, -0.2) is 37.8 Å². The van der Waals surface area contributed by atoms with Gasteiger partial charge in [0.25, 0.3) is 0 Å². The molecule has 0 saturated carbocycles. The number of nitrogens with one attached hydrogen (secondary N) is 1. The fraction of sp³-hybridized carbons (Fsp3) is 0.286. The quantitative estimate of drug-likeness (QED) is 0.901. The Kier molecular flexibility index (Phi) is 4.11. The number of carbonyl (C=O) groups excluding carboxylic acids is 1. The van der Waals surface area contributed by atoms with Crippen molar-refractivity contribution in [1.29, 1.82) is 0 Å². The third-order valence-electron chi connectivity index (χ3n) is 2.49. The maximum absolute atomic E-state index is 11.6. The predicted octanol–water partition coefficient (Wildman–Crippen LogP) is 2.31. The highest BCUT2D eigenvalue weighted by Gasteiger charge is 2.16. The van der Waals surface area contributed by atoms with Gasteiger partial charge in [-0.2, -0.15) is 0 Å². The monoisotopic (exact) mass is 304 g/mol. The van der Waals surface area contributed by atoms with E-state index in [2.05, 4.69) is 15.6 Å². The van der Waals surface area contributed by atoms with Crippen molar-refractivity contribution in [1.82, 2.24) is 15.0 Å². The lowest BCUT2D eigenvalue weighted by molar-refractivity contribution is 0.0634. The van der Waals surface area contributed by atoms with E-state index in [1.165, 1.54) is 10.9 Å². The lowest BCUT2D eigenvalue weighted by atomic mass is 10.2. The van der Waals surface area contributed by atoms with E-state index in [-0.39, 0.29) is 5.69 Å². The summed E-state index contributed by atoms with van der Waals surface area (Å²) in [7, 11) is 0. The lowest BCUT2D eigenvalue weighted by Crippen LogP contribution is -2.27. The molecule has 1 amide bonds. The first-order valence-electron chi connectivity index (χ1n) is 6.51. The van der Waals surface area contributed by atoms with Crippen LogP contribution >= 0.6 is 0 Å². The summed E-state index contributed by atoms with van der Waals surface area (Å²) < 4.78 is 6.48. The van der Waals surface area contributed by atoms with E-state index in [0.29, 0.717) is 11.4 Å². The molecule has 0 atom stereocenters. The number of aromatic carboxylic acids is 1. The molecular formula is C14H16N4O4. The van der Waals surface area contributed by atoms with Gasteiger partial charge in [-0.25, -0.2) is 14.3 Å². The Bertz CT molecular complexity index is 686. The standard InChI is InChI=1S/C14H16N4O4/c1-14(2,3)22-13(21)15-9-4-6-10(7-5-9)18-8-11(12(19)20)16-17-18/h4-8H,1-3H3,(H,15,21)(H,19,20). The molecular weight excluding hydrogens is 288 g/mol. The van der Waals surface area contributed by atoms with Gasteiger partial charge in [0.05, 0.1) is 11.9 Å². The zero-order valence-electron chi connectivity index (χ0n) is 12.4. The van der Waals surface area contributed by atoms with Gasteiger partial charge in [-0.15, -0.1) is 5.10 Å². The van der Waals surface area contributed by atoms with Crippen LogP contribution in [0.4, 0.5) is 10.5 Å². The van der Waals surface area contributed by atoms with Gasteiger partial charge in [0, 0.05) is 5.69 Å². The molecule has 2 aromatic rings. The van der Waals surface area contributed by atoms with Gasteiger partial charge >= 0.3 is 12.1 Å². The van der Waals surface area contributed by atoms with Crippen LogP contribution in [0, 0.1) is 0 Å². The van der Waals surface area contributed by atoms with Crippen molar-refractivity contribution in [2.75, 3.05) is 5.32 Å². The molecule has 0 bridgehead atoms. The first-order chi connectivity index (χ1) is 10.2. The summed E-state index contributed by atoms with van der Waals surface area (Å²) in [6, 6.07) is 6.66. The van der Waals surface area contributed by atoms with E-state index in [4.69, 9.17) is 9.84 Å². The predicted molar refractivity (Wildman–Crippen MR) is 78.2 cm³/mol. The number of amides is 1. The number of aromatic nitrogens is 3. The first kappa shape index (κ1) is 15.5. The van der Waals surface area contributed by atoms with E-state index in [9.17, 15) is 9.59 Å². The van der Waals surface area contributed by atoms with Crippen LogP contribution in [0.15, 0.2) is 30.5 Å². The van der Waals surface area contributed by atoms with Crippen LogP contribution in [-0.2, 0) is 4.74 Å². The summed E-state index contributed by atoms with van der Waals surface area (Å²) in [4.78, 5) is 22.4. The van der Waals surface area contributed by atoms with Crippen molar-refractivity contribution in [3.8, 4) is 5.69 Å². The average molecular weight is 304 g/mol. The molecule has 0 spiro atoms. The van der Waals surface area contributed by atoms with Crippen LogP contribution in [0.1, 0.15) is 31.3 Å². The fourth-order valence-corrected chi connectivity index (χ4v) is 1.61. The van der Waals surface area contributed by atoms with E-state index in [1.54, 1.807) is 45.0 Å². The van der Waals surface area contributed by atoms with Crippen molar-refractivity contribution < 1.29 is 19.4 Å². The van der Waals surface area contributed by atoms with Crippen molar-refractivity contribution in [3.05, 3.63) is 36.2 Å². The minimum absolute atomic E-state index is 0.143. The van der Waals surface area contributed by atoms with Gasteiger partial charge in [0.2, 0.25) is 0 Å². The molecule has 8 heteroatoms. The second kappa shape index (κ2) is 5.84. The summed E-state index contributed by atoms with van der Waals surface area (Å²) in [5.41, 5.74) is 0.458. The molecule has 1 aromatic heterocycles. The molecule has 0 aliphatic rings. The van der Waals surface area contributed by atoms with Gasteiger partial charge in [-0.1, -0.05) is 5.21 Å². The van der Waals surface area contributed by atoms with Crippen molar-refractivity contribution >= 4 is 17.7 Å². The molecule has 0 aliphatic carbocycles. The molecule has 0 fully saturated rings. The number of benzene rings is 1. The number of ether oxygens (including phenoxy) is 1. The number of nitrogens with zero attached hydrogens (tertiary/aromatic N) is 3. The van der Waals surface area contributed by atoms with Gasteiger partial charge < -0.3 is 9.84 Å². The Morgan fingerprint density at radius 2 is 1.86 bits per heavy atom. The fourth-order valence-electron chi connectivity index (χ4n) is 1.61. The molecule has 0 aliphatic heterocycles. The number of carboxylic acids is 1. The highest BCUT2D eigenvalue weighted by atomic mass is 16.6. The third kappa shape index (κ3) is 4.05. The second-order valence-corrected chi connectivity index (χ2v) is 5.53.